The van der Waals surface area contributed by atoms with Gasteiger partial charge in [-0.3, -0.25) is 0 Å². The monoisotopic (exact) mass is 417 g/mol. The summed E-state index contributed by atoms with van der Waals surface area (Å²) in [6.07, 6.45) is -10.9. The average Bonchev–Trinajstić information content (AvgIpc) is 2.35. The molecule has 0 saturated carbocycles. The Bertz CT molecular complexity index is 499. The van der Waals surface area contributed by atoms with Gasteiger partial charge in [-0.25, -0.2) is 0 Å². The first-order chi connectivity index (χ1) is 9.29. The van der Waals surface area contributed by atoms with Gasteiger partial charge in [0.2, 0.25) is 8.66 Å². The minimum absolute atomic E-state index is 0.404. The van der Waals surface area contributed by atoms with Crippen molar-refractivity contribution in [3.05, 3.63) is 29.8 Å². The maximum absolute atomic E-state index is 13.2. The number of anilines is 1. The van der Waals surface area contributed by atoms with Crippen molar-refractivity contribution >= 4 is 44.8 Å². The van der Waals surface area contributed by atoms with E-state index in [1.54, 1.807) is 0 Å². The van der Waals surface area contributed by atoms with Crippen molar-refractivity contribution in [1.29, 1.82) is 0 Å². The van der Waals surface area contributed by atoms with Crippen LogP contribution in [0.3, 0.4) is 0 Å². The molecule has 1 nitrogen and oxygen atoms in total. The zero-order chi connectivity index (χ0) is 16.7. The molecule has 0 saturated heterocycles. The molecule has 0 fully saturated rings. The summed E-state index contributed by atoms with van der Waals surface area (Å²) in [5.41, 5.74) is -0.429. The van der Waals surface area contributed by atoms with Crippen LogP contribution in [0.4, 0.5) is 32.0 Å². The van der Waals surface area contributed by atoms with Gasteiger partial charge in [-0.2, -0.15) is 26.3 Å². The molecule has 0 aromatic heterocycles. The topological polar surface area (TPSA) is 12.0 Å². The Morgan fingerprint density at radius 2 is 1.33 bits per heavy atom. The lowest BCUT2D eigenvalue weighted by Gasteiger charge is -2.40. The predicted molar refractivity (Wildman–Crippen MR) is 73.1 cm³/mol. The van der Waals surface area contributed by atoms with Crippen molar-refractivity contribution in [2.24, 2.45) is 0 Å². The fourth-order valence-electron chi connectivity index (χ4n) is 1.58. The van der Waals surface area contributed by atoms with Gasteiger partial charge in [0.05, 0.1) is 0 Å². The summed E-state index contributed by atoms with van der Waals surface area (Å²) in [5.74, 6) is 0. The summed E-state index contributed by atoms with van der Waals surface area (Å²) < 4.78 is 74.5. The zero-order valence-electron chi connectivity index (χ0n) is 10.2. The third kappa shape index (κ3) is 3.07. The lowest BCUT2D eigenvalue weighted by atomic mass is 9.92. The number of nitrogens with one attached hydrogen (secondary N) is 1. The van der Waals surface area contributed by atoms with E-state index < -0.39 is 26.6 Å². The fraction of sp³-hybridized carbons (Fsp3) is 0.455. The molecule has 0 amide bonds. The predicted octanol–water partition coefficient (Wildman–Crippen LogP) is 5.62. The summed E-state index contributed by atoms with van der Waals surface area (Å²) >= 11 is 12.4. The van der Waals surface area contributed by atoms with Gasteiger partial charge in [0.15, 0.2) is 0 Å². The minimum Gasteiger partial charge on any atom is -0.388 e. The van der Waals surface area contributed by atoms with E-state index in [1.165, 1.54) is 7.05 Å². The molecule has 1 N–H and O–H groups in total. The molecule has 0 heterocycles. The standard InChI is InChI=1S/C11H8BrCl2F6N/c1-21-7-4-2-6(3-5-7)8(13,10(15,16)17)9(12,14)11(18,19)20/h2-5,21H,1H3. The Morgan fingerprint density at radius 1 is 0.905 bits per heavy atom. The number of benzene rings is 1. The van der Waals surface area contributed by atoms with Crippen LogP contribution >= 0.6 is 39.1 Å². The molecule has 0 spiro atoms. The first-order valence-corrected chi connectivity index (χ1v) is 6.82. The SMILES string of the molecule is CNc1ccc(C(Cl)(C(F)(F)F)C(Cl)(Br)C(F)(F)F)cc1. The summed E-state index contributed by atoms with van der Waals surface area (Å²) in [6, 6.07) is 3.98. The number of hydrogen-bond acceptors (Lipinski definition) is 1. The van der Waals surface area contributed by atoms with Gasteiger partial charge in [-0.15, -0.1) is 11.6 Å². The van der Waals surface area contributed by atoms with E-state index in [-0.39, 0.29) is 0 Å². The minimum atomic E-state index is -5.46. The molecule has 2 atom stereocenters. The Kier molecular flexibility index (Phi) is 5.08. The van der Waals surface area contributed by atoms with Crippen molar-refractivity contribution < 1.29 is 26.3 Å². The van der Waals surface area contributed by atoms with Gasteiger partial charge in [0.25, 0.3) is 0 Å². The highest BCUT2D eigenvalue weighted by molar-refractivity contribution is 9.10. The van der Waals surface area contributed by atoms with Gasteiger partial charge < -0.3 is 5.32 Å². The van der Waals surface area contributed by atoms with Crippen molar-refractivity contribution in [3.8, 4) is 0 Å². The number of rotatable bonds is 3. The van der Waals surface area contributed by atoms with E-state index in [9.17, 15) is 26.3 Å². The van der Waals surface area contributed by atoms with Crippen LogP contribution in [0.2, 0.25) is 0 Å². The van der Waals surface area contributed by atoms with Crippen LogP contribution in [-0.2, 0) is 4.87 Å². The van der Waals surface area contributed by atoms with Crippen LogP contribution in [0.1, 0.15) is 5.56 Å². The number of alkyl halides is 9. The number of hydrogen-bond donors (Lipinski definition) is 1. The summed E-state index contributed by atoms with van der Waals surface area (Å²) in [4.78, 5) is -3.90. The van der Waals surface area contributed by atoms with Gasteiger partial charge in [-0.05, 0) is 17.7 Å². The molecule has 120 valence electrons. The van der Waals surface area contributed by atoms with Gasteiger partial charge >= 0.3 is 12.4 Å². The van der Waals surface area contributed by atoms with E-state index in [0.717, 1.165) is 24.3 Å². The third-order valence-electron chi connectivity index (χ3n) is 2.75. The second kappa shape index (κ2) is 5.70. The molecule has 10 heteroatoms. The molecule has 1 aromatic carbocycles. The quantitative estimate of drug-likeness (QED) is 0.496. The summed E-state index contributed by atoms with van der Waals surface area (Å²) in [6.45, 7) is 0. The van der Waals surface area contributed by atoms with Crippen LogP contribution in [-0.4, -0.2) is 23.2 Å². The van der Waals surface area contributed by atoms with E-state index in [4.69, 9.17) is 23.2 Å². The average molecular weight is 419 g/mol. The Labute approximate surface area is 134 Å². The van der Waals surface area contributed by atoms with E-state index in [0.29, 0.717) is 5.69 Å². The van der Waals surface area contributed by atoms with Crippen LogP contribution in [0.25, 0.3) is 0 Å². The zero-order valence-corrected chi connectivity index (χ0v) is 13.3. The van der Waals surface area contributed by atoms with E-state index in [2.05, 4.69) is 5.32 Å². The van der Waals surface area contributed by atoms with E-state index >= 15 is 0 Å². The molecule has 1 aromatic rings. The van der Waals surface area contributed by atoms with Gasteiger partial charge in [0.1, 0.15) is 0 Å². The largest absolute Gasteiger partial charge is 0.419 e. The van der Waals surface area contributed by atoms with Crippen molar-refractivity contribution in [1.82, 2.24) is 0 Å². The molecule has 1 rings (SSSR count). The lowest BCUT2D eigenvalue weighted by Crippen LogP contribution is -2.57. The first kappa shape index (κ1) is 18.7. The van der Waals surface area contributed by atoms with Crippen LogP contribution < -0.4 is 5.32 Å². The highest BCUT2D eigenvalue weighted by atomic mass is 79.9. The third-order valence-corrected chi connectivity index (χ3v) is 5.33. The van der Waals surface area contributed by atoms with Gasteiger partial charge in [-0.1, -0.05) is 39.7 Å². The van der Waals surface area contributed by atoms with E-state index in [1.807, 2.05) is 15.9 Å². The maximum Gasteiger partial charge on any atom is 0.419 e. The Balaban J connectivity index is 3.55. The lowest BCUT2D eigenvalue weighted by molar-refractivity contribution is -0.213. The highest BCUT2D eigenvalue weighted by Gasteiger charge is 2.75. The molecule has 0 aliphatic heterocycles. The van der Waals surface area contributed by atoms with Crippen LogP contribution in [0, 0.1) is 0 Å². The maximum atomic E-state index is 13.2. The summed E-state index contributed by atoms with van der Waals surface area (Å²) in [5, 5.41) is 2.62. The molecule has 0 aliphatic carbocycles. The second-order valence-electron chi connectivity index (χ2n) is 4.06. The molecule has 0 radical (unpaired) electrons. The Morgan fingerprint density at radius 3 is 1.62 bits per heavy atom. The van der Waals surface area contributed by atoms with Gasteiger partial charge in [0, 0.05) is 12.7 Å². The van der Waals surface area contributed by atoms with Crippen molar-refractivity contribution in [2.75, 3.05) is 12.4 Å². The molecule has 2 unspecified atom stereocenters. The second-order valence-corrected chi connectivity index (χ2v) is 6.84. The van der Waals surface area contributed by atoms with Crippen molar-refractivity contribution in [3.63, 3.8) is 0 Å². The fourth-order valence-corrected chi connectivity index (χ4v) is 2.49. The normalized spacial score (nSPS) is 18.8. The number of halogens is 9. The van der Waals surface area contributed by atoms with Crippen molar-refractivity contribution in [2.45, 2.75) is 21.0 Å². The Hall–Kier alpha value is -0.340. The smallest absolute Gasteiger partial charge is 0.388 e. The highest BCUT2D eigenvalue weighted by Crippen LogP contribution is 2.62. The molecule has 0 aliphatic rings. The molecule has 21 heavy (non-hydrogen) atoms. The van der Waals surface area contributed by atoms with Crippen LogP contribution in [0.15, 0.2) is 24.3 Å². The molecular formula is C11H8BrCl2F6N. The molecule has 0 bridgehead atoms. The first-order valence-electron chi connectivity index (χ1n) is 5.27. The summed E-state index contributed by atoms with van der Waals surface area (Å²) in [7, 11) is 1.50. The molecular weight excluding hydrogens is 411 g/mol. The van der Waals surface area contributed by atoms with Crippen LogP contribution in [0.5, 0.6) is 0 Å².